The van der Waals surface area contributed by atoms with Gasteiger partial charge < -0.3 is 20.5 Å². The maximum absolute atomic E-state index is 13.7. The van der Waals surface area contributed by atoms with Crippen LogP contribution in [-0.4, -0.2) is 35.2 Å². The molecule has 0 aliphatic heterocycles. The molecule has 35 heavy (non-hydrogen) atoms. The predicted octanol–water partition coefficient (Wildman–Crippen LogP) is 4.92. The van der Waals surface area contributed by atoms with E-state index < -0.39 is 29.3 Å². The Morgan fingerprint density at radius 2 is 1.60 bits per heavy atom. The summed E-state index contributed by atoms with van der Waals surface area (Å²) < 4.78 is 19.3. The van der Waals surface area contributed by atoms with Gasteiger partial charge in [0.05, 0.1) is 11.3 Å². The van der Waals surface area contributed by atoms with Crippen LogP contribution in [0.1, 0.15) is 46.7 Å². The van der Waals surface area contributed by atoms with Crippen molar-refractivity contribution >= 4 is 23.7 Å². The number of ether oxygens (including phenoxy) is 1. The highest BCUT2D eigenvalue weighted by Gasteiger charge is 2.46. The molecule has 0 spiro atoms. The molecule has 2 aliphatic rings. The molecule has 0 bridgehead atoms. The Balaban J connectivity index is 1.28. The molecule has 5 rings (SSSR count). The van der Waals surface area contributed by atoms with Gasteiger partial charge in [-0.05, 0) is 59.7 Å². The number of hydrogen-bond donors (Lipinski definition) is 3. The average Bonchev–Trinajstić information content (AvgIpc) is 3.13. The molecule has 2 amide bonds. The van der Waals surface area contributed by atoms with E-state index in [0.29, 0.717) is 19.3 Å². The van der Waals surface area contributed by atoms with Crippen molar-refractivity contribution in [3.8, 4) is 11.1 Å². The molecule has 0 radical (unpaired) electrons. The number of halogens is 1. The molecular weight excluding hydrogens is 451 g/mol. The lowest BCUT2D eigenvalue weighted by atomic mass is 9.76. The van der Waals surface area contributed by atoms with Crippen molar-refractivity contribution in [1.82, 2.24) is 5.32 Å². The maximum atomic E-state index is 13.7. The minimum Gasteiger partial charge on any atom is -0.478 e. The lowest BCUT2D eigenvalue weighted by molar-refractivity contribution is -0.125. The Hall–Kier alpha value is -4.20. The van der Waals surface area contributed by atoms with Crippen LogP contribution in [0.25, 0.3) is 11.1 Å². The van der Waals surface area contributed by atoms with Crippen molar-refractivity contribution in [3.05, 3.63) is 89.2 Å². The predicted molar refractivity (Wildman–Crippen MR) is 127 cm³/mol. The van der Waals surface area contributed by atoms with Crippen molar-refractivity contribution < 1.29 is 28.6 Å². The number of aromatic carboxylic acids is 1. The molecule has 0 heterocycles. The van der Waals surface area contributed by atoms with Gasteiger partial charge in [-0.15, -0.1) is 0 Å². The van der Waals surface area contributed by atoms with Crippen LogP contribution >= 0.6 is 0 Å². The standard InChI is InChI=1S/C27H23FN2O5/c28-16-10-11-21(24(31)32)23(14-16)29-25(33)27(12-5-13-27)30-26(34)35-15-22-19-8-3-1-6-17(19)18-7-2-4-9-20(18)22/h1-4,6-11,14,22H,5,12-13,15H2,(H,29,33)(H,30,34)(H,31,32). The van der Waals surface area contributed by atoms with Crippen molar-refractivity contribution in [1.29, 1.82) is 0 Å². The van der Waals surface area contributed by atoms with Crippen LogP contribution in [0.3, 0.4) is 0 Å². The second kappa shape index (κ2) is 8.87. The van der Waals surface area contributed by atoms with Gasteiger partial charge in [-0.25, -0.2) is 14.0 Å². The van der Waals surface area contributed by atoms with Crippen molar-refractivity contribution in [2.75, 3.05) is 11.9 Å². The highest BCUT2D eigenvalue weighted by atomic mass is 19.1. The second-order valence-corrected chi connectivity index (χ2v) is 8.84. The number of nitrogens with one attached hydrogen (secondary N) is 2. The van der Waals surface area contributed by atoms with Crippen LogP contribution in [0, 0.1) is 5.82 Å². The minimum absolute atomic E-state index is 0.102. The summed E-state index contributed by atoms with van der Waals surface area (Å²) in [6.45, 7) is 0.102. The Morgan fingerprint density at radius 1 is 0.971 bits per heavy atom. The highest BCUT2D eigenvalue weighted by molar-refractivity contribution is 6.05. The maximum Gasteiger partial charge on any atom is 0.408 e. The molecule has 178 valence electrons. The van der Waals surface area contributed by atoms with Gasteiger partial charge in [-0.3, -0.25) is 4.79 Å². The molecule has 3 N–H and O–H groups in total. The third-order valence-electron chi connectivity index (χ3n) is 6.79. The van der Waals surface area contributed by atoms with Gasteiger partial charge in [0.25, 0.3) is 0 Å². The smallest absolute Gasteiger partial charge is 0.408 e. The lowest BCUT2D eigenvalue weighted by Gasteiger charge is -2.40. The van der Waals surface area contributed by atoms with E-state index in [1.165, 1.54) is 0 Å². The SMILES string of the molecule is O=C(NC1(C(=O)Nc2cc(F)ccc2C(=O)O)CCC1)OCC1c2ccccc2-c2ccccc21. The molecule has 0 saturated heterocycles. The summed E-state index contributed by atoms with van der Waals surface area (Å²) in [4.78, 5) is 37.2. The van der Waals surface area contributed by atoms with Gasteiger partial charge in [0.15, 0.2) is 0 Å². The normalized spacial score (nSPS) is 15.3. The largest absolute Gasteiger partial charge is 0.478 e. The number of carbonyl (C=O) groups is 3. The molecule has 2 aliphatic carbocycles. The number of carboxylic acids is 1. The van der Waals surface area contributed by atoms with Crippen LogP contribution in [-0.2, 0) is 9.53 Å². The van der Waals surface area contributed by atoms with E-state index in [2.05, 4.69) is 10.6 Å². The first-order valence-corrected chi connectivity index (χ1v) is 11.4. The van der Waals surface area contributed by atoms with Crippen LogP contribution in [0.2, 0.25) is 0 Å². The zero-order valence-corrected chi connectivity index (χ0v) is 18.7. The summed E-state index contributed by atoms with van der Waals surface area (Å²) in [5.41, 5.74) is 2.71. The van der Waals surface area contributed by atoms with Gasteiger partial charge in [0, 0.05) is 5.92 Å². The molecule has 7 nitrogen and oxygen atoms in total. The summed E-state index contributed by atoms with van der Waals surface area (Å²) in [5.74, 6) is -2.71. The average molecular weight is 474 g/mol. The van der Waals surface area contributed by atoms with E-state index in [-0.39, 0.29) is 23.8 Å². The fourth-order valence-electron chi connectivity index (χ4n) is 4.82. The summed E-state index contributed by atoms with van der Waals surface area (Å²) in [5, 5.41) is 14.5. The van der Waals surface area contributed by atoms with Crippen LogP contribution in [0.15, 0.2) is 66.7 Å². The number of alkyl carbamates (subject to hydrolysis) is 1. The number of anilines is 1. The summed E-state index contributed by atoms with van der Waals surface area (Å²) in [7, 11) is 0. The lowest BCUT2D eigenvalue weighted by Crippen LogP contribution is -2.61. The molecular formula is C27H23FN2O5. The van der Waals surface area contributed by atoms with E-state index in [9.17, 15) is 23.9 Å². The first kappa shape index (κ1) is 22.6. The first-order chi connectivity index (χ1) is 16.9. The van der Waals surface area contributed by atoms with Crippen molar-refractivity contribution in [2.24, 2.45) is 0 Å². The van der Waals surface area contributed by atoms with Crippen molar-refractivity contribution in [3.63, 3.8) is 0 Å². The van der Waals surface area contributed by atoms with Crippen molar-refractivity contribution in [2.45, 2.75) is 30.7 Å². The molecule has 0 atom stereocenters. The number of hydrogen-bond acceptors (Lipinski definition) is 4. The Labute approximate surface area is 200 Å². The third-order valence-corrected chi connectivity index (χ3v) is 6.79. The van der Waals surface area contributed by atoms with Gasteiger partial charge >= 0.3 is 12.1 Å². The zero-order chi connectivity index (χ0) is 24.6. The molecule has 0 aromatic heterocycles. The summed E-state index contributed by atoms with van der Waals surface area (Å²) in [6, 6.07) is 19.0. The third kappa shape index (κ3) is 4.12. The fraction of sp³-hybridized carbons (Fsp3) is 0.222. The van der Waals surface area contributed by atoms with Crippen LogP contribution < -0.4 is 10.6 Å². The number of carbonyl (C=O) groups excluding carboxylic acids is 2. The van der Waals surface area contributed by atoms with E-state index >= 15 is 0 Å². The topological polar surface area (TPSA) is 105 Å². The van der Waals surface area contributed by atoms with E-state index in [1.807, 2.05) is 48.5 Å². The molecule has 1 saturated carbocycles. The van der Waals surface area contributed by atoms with E-state index in [1.54, 1.807) is 0 Å². The molecule has 3 aromatic rings. The monoisotopic (exact) mass is 474 g/mol. The molecule has 1 fully saturated rings. The van der Waals surface area contributed by atoms with Crippen LogP contribution in [0.5, 0.6) is 0 Å². The Kier molecular flexibility index (Phi) is 5.72. The Morgan fingerprint density at radius 3 is 2.17 bits per heavy atom. The highest BCUT2D eigenvalue weighted by Crippen LogP contribution is 2.44. The number of rotatable bonds is 6. The van der Waals surface area contributed by atoms with Gasteiger partial charge in [-0.2, -0.15) is 0 Å². The Bertz CT molecular complexity index is 1290. The van der Waals surface area contributed by atoms with Crippen LogP contribution in [0.4, 0.5) is 14.9 Å². The molecule has 0 unspecified atom stereocenters. The quantitative estimate of drug-likeness (QED) is 0.470. The number of fused-ring (bicyclic) bond motifs is 3. The first-order valence-electron chi connectivity index (χ1n) is 11.4. The van der Waals surface area contributed by atoms with Gasteiger partial charge in [0.2, 0.25) is 5.91 Å². The summed E-state index contributed by atoms with van der Waals surface area (Å²) in [6.07, 6.45) is 0.687. The van der Waals surface area contributed by atoms with E-state index in [0.717, 1.165) is 40.5 Å². The summed E-state index contributed by atoms with van der Waals surface area (Å²) >= 11 is 0. The minimum atomic E-state index is -1.30. The number of amides is 2. The zero-order valence-electron chi connectivity index (χ0n) is 18.7. The number of benzene rings is 3. The van der Waals surface area contributed by atoms with Gasteiger partial charge in [-0.1, -0.05) is 48.5 Å². The fourth-order valence-corrected chi connectivity index (χ4v) is 4.82. The number of carboxylic acid groups (broad SMARTS) is 1. The second-order valence-electron chi connectivity index (χ2n) is 8.84. The molecule has 8 heteroatoms. The van der Waals surface area contributed by atoms with E-state index in [4.69, 9.17) is 4.74 Å². The van der Waals surface area contributed by atoms with Gasteiger partial charge in [0.1, 0.15) is 18.0 Å². The molecule has 3 aromatic carbocycles.